The minimum Gasteiger partial charge on any atom is -0.342 e. The first-order valence-electron chi connectivity index (χ1n) is 5.57. The molecule has 0 spiro atoms. The molecule has 1 amide bonds. The number of carbonyl (C=O) groups is 1. The summed E-state index contributed by atoms with van der Waals surface area (Å²) in [6.07, 6.45) is 0.781. The Morgan fingerprint density at radius 1 is 1.47 bits per heavy atom. The van der Waals surface area contributed by atoms with Gasteiger partial charge in [-0.2, -0.15) is 0 Å². The van der Waals surface area contributed by atoms with E-state index in [-0.39, 0.29) is 11.3 Å². The molecule has 0 N–H and O–H groups in total. The van der Waals surface area contributed by atoms with Crippen LogP contribution in [0, 0.1) is 6.92 Å². The van der Waals surface area contributed by atoms with Crippen molar-refractivity contribution in [2.75, 3.05) is 13.6 Å². The Morgan fingerprint density at radius 2 is 2.12 bits per heavy atom. The normalized spacial score (nSPS) is 12.3. The molecule has 1 unspecified atom stereocenters. The van der Waals surface area contributed by atoms with E-state index < -0.39 is 0 Å². The smallest absolute Gasteiger partial charge is 0.253 e. The van der Waals surface area contributed by atoms with Gasteiger partial charge in [-0.1, -0.05) is 17.7 Å². The van der Waals surface area contributed by atoms with Crippen molar-refractivity contribution in [1.29, 1.82) is 0 Å². The molecule has 4 heteroatoms. The molecule has 0 heterocycles. The van der Waals surface area contributed by atoms with Crippen molar-refractivity contribution >= 4 is 29.1 Å². The van der Waals surface area contributed by atoms with Crippen LogP contribution < -0.4 is 0 Å². The minimum absolute atomic E-state index is 0.0239. The van der Waals surface area contributed by atoms with Crippen LogP contribution in [0.3, 0.4) is 0 Å². The van der Waals surface area contributed by atoms with Crippen molar-refractivity contribution in [2.24, 2.45) is 0 Å². The van der Waals surface area contributed by atoms with Gasteiger partial charge in [-0.05, 0) is 38.0 Å². The fourth-order valence-corrected chi connectivity index (χ4v) is 1.70. The molecular weight excluding hydrogens is 257 g/mol. The predicted octanol–water partition coefficient (Wildman–Crippen LogP) is 3.74. The molecule has 0 aromatic heterocycles. The number of hydrogen-bond donors (Lipinski definition) is 0. The molecule has 0 saturated carbocycles. The number of nitrogens with zero attached hydrogens (tertiary/aromatic N) is 1. The minimum atomic E-state index is -0.0239. The molecule has 1 aromatic carbocycles. The molecule has 0 saturated heterocycles. The number of amides is 1. The van der Waals surface area contributed by atoms with Gasteiger partial charge in [-0.15, -0.1) is 11.6 Å². The molecular formula is C13H17Cl2NO. The van der Waals surface area contributed by atoms with Gasteiger partial charge in [0.1, 0.15) is 0 Å². The van der Waals surface area contributed by atoms with Gasteiger partial charge in [0, 0.05) is 29.6 Å². The van der Waals surface area contributed by atoms with Gasteiger partial charge < -0.3 is 4.90 Å². The molecule has 0 bridgehead atoms. The highest BCUT2D eigenvalue weighted by molar-refractivity contribution is 6.31. The molecule has 0 fully saturated rings. The highest BCUT2D eigenvalue weighted by Crippen LogP contribution is 2.17. The number of alkyl halides is 1. The number of halogens is 2. The predicted molar refractivity (Wildman–Crippen MR) is 73.1 cm³/mol. The fourth-order valence-electron chi connectivity index (χ4n) is 1.42. The van der Waals surface area contributed by atoms with Crippen molar-refractivity contribution in [2.45, 2.75) is 25.6 Å². The summed E-state index contributed by atoms with van der Waals surface area (Å²) in [7, 11) is 1.77. The van der Waals surface area contributed by atoms with Crippen LogP contribution >= 0.6 is 23.2 Å². The van der Waals surface area contributed by atoms with Gasteiger partial charge in [-0.3, -0.25) is 4.79 Å². The zero-order chi connectivity index (χ0) is 13.0. The molecule has 0 aliphatic rings. The lowest BCUT2D eigenvalue weighted by Gasteiger charge is -2.18. The molecule has 17 heavy (non-hydrogen) atoms. The van der Waals surface area contributed by atoms with Crippen LogP contribution in [0.2, 0.25) is 5.02 Å². The molecule has 0 radical (unpaired) electrons. The third kappa shape index (κ3) is 4.21. The van der Waals surface area contributed by atoms with Crippen molar-refractivity contribution in [1.82, 2.24) is 4.90 Å². The summed E-state index contributed by atoms with van der Waals surface area (Å²) in [5, 5.41) is 0.696. The lowest BCUT2D eigenvalue weighted by Crippen LogP contribution is -2.28. The average molecular weight is 274 g/mol. The van der Waals surface area contributed by atoms with Gasteiger partial charge in [0.15, 0.2) is 0 Å². The number of benzene rings is 1. The van der Waals surface area contributed by atoms with E-state index in [1.54, 1.807) is 24.1 Å². The molecule has 1 rings (SSSR count). The first-order valence-corrected chi connectivity index (χ1v) is 6.39. The van der Waals surface area contributed by atoms with E-state index in [0.29, 0.717) is 17.1 Å². The first-order chi connectivity index (χ1) is 7.91. The maximum atomic E-state index is 12.0. The maximum Gasteiger partial charge on any atom is 0.253 e. The zero-order valence-corrected chi connectivity index (χ0v) is 11.8. The van der Waals surface area contributed by atoms with Gasteiger partial charge >= 0.3 is 0 Å². The SMILES string of the molecule is Cc1ccc(C(=O)N(C)CCC(C)Cl)cc1Cl. The third-order valence-corrected chi connectivity index (χ3v) is 3.25. The summed E-state index contributed by atoms with van der Waals surface area (Å²) in [6, 6.07) is 5.36. The van der Waals surface area contributed by atoms with E-state index in [1.807, 2.05) is 19.9 Å². The Labute approximate surface area is 113 Å². The van der Waals surface area contributed by atoms with Gasteiger partial charge in [0.25, 0.3) is 5.91 Å². The van der Waals surface area contributed by atoms with Crippen molar-refractivity contribution in [3.63, 3.8) is 0 Å². The zero-order valence-electron chi connectivity index (χ0n) is 10.3. The van der Waals surface area contributed by atoms with Crippen LogP contribution in [0.15, 0.2) is 18.2 Å². The van der Waals surface area contributed by atoms with E-state index >= 15 is 0 Å². The molecule has 0 aliphatic carbocycles. The van der Waals surface area contributed by atoms with Crippen LogP contribution in [0.25, 0.3) is 0 Å². The Bertz CT molecular complexity index is 404. The Kier molecular flexibility index (Phi) is 5.29. The van der Waals surface area contributed by atoms with Crippen molar-refractivity contribution < 1.29 is 4.79 Å². The Hall–Kier alpha value is -0.730. The molecule has 1 aromatic rings. The highest BCUT2D eigenvalue weighted by atomic mass is 35.5. The van der Waals surface area contributed by atoms with Crippen LogP contribution in [0.1, 0.15) is 29.3 Å². The van der Waals surface area contributed by atoms with E-state index in [2.05, 4.69) is 0 Å². The summed E-state index contributed by atoms with van der Waals surface area (Å²) >= 11 is 11.9. The number of hydrogen-bond acceptors (Lipinski definition) is 1. The number of rotatable bonds is 4. The second-order valence-corrected chi connectivity index (χ2v) is 5.41. The van der Waals surface area contributed by atoms with Crippen LogP contribution in [0.5, 0.6) is 0 Å². The number of carbonyl (C=O) groups excluding carboxylic acids is 1. The summed E-state index contributed by atoms with van der Waals surface area (Å²) in [6.45, 7) is 4.48. The standard InChI is InChI=1S/C13H17Cl2NO/c1-9-4-5-11(8-12(9)15)13(17)16(3)7-6-10(2)14/h4-5,8,10H,6-7H2,1-3H3. The van der Waals surface area contributed by atoms with E-state index in [9.17, 15) is 4.79 Å². The van der Waals surface area contributed by atoms with Crippen LogP contribution in [0.4, 0.5) is 0 Å². The van der Waals surface area contributed by atoms with Gasteiger partial charge in [0.05, 0.1) is 0 Å². The van der Waals surface area contributed by atoms with E-state index in [4.69, 9.17) is 23.2 Å². The first kappa shape index (κ1) is 14.3. The maximum absolute atomic E-state index is 12.0. The summed E-state index contributed by atoms with van der Waals surface area (Å²) in [5.41, 5.74) is 1.59. The Balaban J connectivity index is 2.71. The molecule has 94 valence electrons. The van der Waals surface area contributed by atoms with Crippen LogP contribution in [-0.4, -0.2) is 29.8 Å². The van der Waals surface area contributed by atoms with Gasteiger partial charge in [-0.25, -0.2) is 0 Å². The third-order valence-electron chi connectivity index (χ3n) is 2.63. The molecule has 1 atom stereocenters. The van der Waals surface area contributed by atoms with Gasteiger partial charge in [0.2, 0.25) is 0 Å². The highest BCUT2D eigenvalue weighted by Gasteiger charge is 2.13. The summed E-state index contributed by atoms with van der Waals surface area (Å²) in [5.74, 6) is -0.0239. The van der Waals surface area contributed by atoms with E-state index in [1.165, 1.54) is 0 Å². The summed E-state index contributed by atoms with van der Waals surface area (Å²) < 4.78 is 0. The second kappa shape index (κ2) is 6.27. The Morgan fingerprint density at radius 3 is 2.65 bits per heavy atom. The fraction of sp³-hybridized carbons (Fsp3) is 0.462. The van der Waals surface area contributed by atoms with E-state index in [0.717, 1.165) is 12.0 Å². The largest absolute Gasteiger partial charge is 0.342 e. The average Bonchev–Trinajstić information content (AvgIpc) is 2.28. The van der Waals surface area contributed by atoms with Crippen molar-refractivity contribution in [3.05, 3.63) is 34.3 Å². The lowest BCUT2D eigenvalue weighted by molar-refractivity contribution is 0.0793. The van der Waals surface area contributed by atoms with Crippen LogP contribution in [-0.2, 0) is 0 Å². The molecule has 2 nitrogen and oxygen atoms in total. The molecule has 0 aliphatic heterocycles. The topological polar surface area (TPSA) is 20.3 Å². The lowest BCUT2D eigenvalue weighted by atomic mass is 10.1. The second-order valence-electron chi connectivity index (χ2n) is 4.26. The number of aryl methyl sites for hydroxylation is 1. The quantitative estimate of drug-likeness (QED) is 0.766. The monoisotopic (exact) mass is 273 g/mol. The summed E-state index contributed by atoms with van der Waals surface area (Å²) in [4.78, 5) is 13.7. The van der Waals surface area contributed by atoms with Crippen molar-refractivity contribution in [3.8, 4) is 0 Å².